The molecule has 3 rings (SSSR count). The van der Waals surface area contributed by atoms with E-state index in [0.29, 0.717) is 22.7 Å². The maximum absolute atomic E-state index is 12.1. The van der Waals surface area contributed by atoms with E-state index >= 15 is 0 Å². The maximum Gasteiger partial charge on any atom is 0.411 e. The second-order valence-electron chi connectivity index (χ2n) is 4.65. The van der Waals surface area contributed by atoms with Gasteiger partial charge in [-0.25, -0.2) is 9.78 Å². The molecule has 0 aliphatic heterocycles. The first-order chi connectivity index (χ1) is 9.11. The van der Waals surface area contributed by atoms with E-state index in [4.69, 9.17) is 5.11 Å². The largest absolute Gasteiger partial charge is 0.465 e. The van der Waals surface area contributed by atoms with Gasteiger partial charge in [-0.15, -0.1) is 0 Å². The molecule has 0 radical (unpaired) electrons. The lowest BCUT2D eigenvalue weighted by atomic mass is 10.3. The first kappa shape index (κ1) is 12.2. The summed E-state index contributed by atoms with van der Waals surface area (Å²) < 4.78 is 12.1. The summed E-state index contributed by atoms with van der Waals surface area (Å²) in [6.07, 6.45) is 1.17. The Morgan fingerprint density at radius 2 is 2.32 bits per heavy atom. The summed E-state index contributed by atoms with van der Waals surface area (Å²) in [4.78, 5) is 18.2. The van der Waals surface area contributed by atoms with Crippen molar-refractivity contribution in [3.05, 3.63) is 18.2 Å². The molecule has 100 valence electrons. The third kappa shape index (κ3) is 2.76. The highest BCUT2D eigenvalue weighted by atomic mass is 32.2. The fourth-order valence-corrected chi connectivity index (χ4v) is 3.31. The lowest BCUT2D eigenvalue weighted by Crippen LogP contribution is -2.08. The van der Waals surface area contributed by atoms with Crippen molar-refractivity contribution in [2.24, 2.45) is 5.92 Å². The van der Waals surface area contributed by atoms with Crippen LogP contribution < -0.4 is 5.32 Å². The minimum Gasteiger partial charge on any atom is -0.465 e. The monoisotopic (exact) mass is 279 g/mol. The molecule has 1 aromatic carbocycles. The summed E-state index contributed by atoms with van der Waals surface area (Å²) in [5.74, 6) is 1.48. The van der Waals surface area contributed by atoms with Crippen molar-refractivity contribution in [1.29, 1.82) is 0 Å². The molecule has 1 amide bonds. The van der Waals surface area contributed by atoms with Crippen LogP contribution in [-0.2, 0) is 10.8 Å². The topological polar surface area (TPSA) is 95.1 Å². The summed E-state index contributed by atoms with van der Waals surface area (Å²) in [5.41, 5.74) is 1.33. The number of carboxylic acid groups (broad SMARTS) is 1. The summed E-state index contributed by atoms with van der Waals surface area (Å²) >= 11 is 0. The zero-order chi connectivity index (χ0) is 13.4. The number of imidazole rings is 1. The van der Waals surface area contributed by atoms with Gasteiger partial charge in [-0.05, 0) is 37.0 Å². The van der Waals surface area contributed by atoms with Crippen LogP contribution in [0.1, 0.15) is 12.8 Å². The third-order valence-corrected chi connectivity index (χ3v) is 4.58. The number of aromatic nitrogens is 2. The quantitative estimate of drug-likeness (QED) is 0.799. The van der Waals surface area contributed by atoms with E-state index in [1.54, 1.807) is 18.2 Å². The van der Waals surface area contributed by atoms with Crippen LogP contribution in [0.3, 0.4) is 0 Å². The predicted octanol–water partition coefficient (Wildman–Crippen LogP) is 2.17. The molecule has 1 unspecified atom stereocenters. The van der Waals surface area contributed by atoms with Crippen molar-refractivity contribution in [3.63, 3.8) is 0 Å². The fourth-order valence-electron chi connectivity index (χ4n) is 1.89. The molecule has 6 nitrogen and oxygen atoms in total. The number of hydrogen-bond acceptors (Lipinski definition) is 3. The Morgan fingerprint density at radius 1 is 1.53 bits per heavy atom. The van der Waals surface area contributed by atoms with E-state index in [-0.39, 0.29) is 5.95 Å². The number of anilines is 1. The number of nitrogens with zero attached hydrogens (tertiary/aromatic N) is 1. The number of carbonyl (C=O) groups is 1. The molecule has 2 aromatic rings. The van der Waals surface area contributed by atoms with Gasteiger partial charge in [-0.2, -0.15) is 0 Å². The molecule has 1 aromatic heterocycles. The van der Waals surface area contributed by atoms with E-state index in [9.17, 15) is 9.00 Å². The maximum atomic E-state index is 12.1. The minimum absolute atomic E-state index is 0.174. The van der Waals surface area contributed by atoms with Crippen LogP contribution in [0.5, 0.6) is 0 Å². The number of aromatic amines is 1. The molecule has 1 heterocycles. The van der Waals surface area contributed by atoms with Gasteiger partial charge in [0.25, 0.3) is 0 Å². The second kappa shape index (κ2) is 4.65. The number of rotatable bonds is 4. The van der Waals surface area contributed by atoms with E-state index in [2.05, 4.69) is 15.3 Å². The fraction of sp³-hybridized carbons (Fsp3) is 0.333. The summed E-state index contributed by atoms with van der Waals surface area (Å²) in [6.45, 7) is 0. The zero-order valence-electron chi connectivity index (χ0n) is 10.0. The predicted molar refractivity (Wildman–Crippen MR) is 71.7 cm³/mol. The molecule has 1 atom stereocenters. The molecular weight excluding hydrogens is 266 g/mol. The Kier molecular flexibility index (Phi) is 2.98. The van der Waals surface area contributed by atoms with Gasteiger partial charge in [0.2, 0.25) is 5.95 Å². The van der Waals surface area contributed by atoms with Gasteiger partial charge in [0, 0.05) is 10.6 Å². The van der Waals surface area contributed by atoms with Crippen molar-refractivity contribution < 1.29 is 14.1 Å². The van der Waals surface area contributed by atoms with Crippen molar-refractivity contribution in [1.82, 2.24) is 9.97 Å². The smallest absolute Gasteiger partial charge is 0.411 e. The van der Waals surface area contributed by atoms with Crippen LogP contribution in [0.15, 0.2) is 23.1 Å². The van der Waals surface area contributed by atoms with Crippen LogP contribution in [0.4, 0.5) is 10.7 Å². The van der Waals surface area contributed by atoms with Crippen LogP contribution in [0.25, 0.3) is 11.0 Å². The van der Waals surface area contributed by atoms with Crippen molar-refractivity contribution in [3.8, 4) is 0 Å². The molecule has 1 saturated carbocycles. The molecule has 1 aliphatic rings. The van der Waals surface area contributed by atoms with E-state index in [1.807, 2.05) is 0 Å². The average Bonchev–Trinajstić information content (AvgIpc) is 3.06. The number of H-pyrrole nitrogens is 1. The summed E-state index contributed by atoms with van der Waals surface area (Å²) in [5, 5.41) is 10.8. The first-order valence-corrected chi connectivity index (χ1v) is 7.32. The minimum atomic E-state index is -1.17. The van der Waals surface area contributed by atoms with Crippen molar-refractivity contribution in [2.75, 3.05) is 11.1 Å². The van der Waals surface area contributed by atoms with Gasteiger partial charge in [0.15, 0.2) is 0 Å². The highest BCUT2D eigenvalue weighted by molar-refractivity contribution is 7.85. The van der Waals surface area contributed by atoms with Gasteiger partial charge in [0.1, 0.15) is 0 Å². The molecular formula is C12H13N3O3S. The highest BCUT2D eigenvalue weighted by Crippen LogP contribution is 2.31. The molecule has 1 aliphatic carbocycles. The van der Waals surface area contributed by atoms with Gasteiger partial charge in [-0.1, -0.05) is 0 Å². The lowest BCUT2D eigenvalue weighted by Gasteiger charge is -2.00. The van der Waals surface area contributed by atoms with Gasteiger partial charge in [0.05, 0.1) is 21.8 Å². The van der Waals surface area contributed by atoms with Gasteiger partial charge in [-0.3, -0.25) is 9.53 Å². The van der Waals surface area contributed by atoms with Crippen LogP contribution in [0.2, 0.25) is 0 Å². The Balaban J connectivity index is 1.86. The van der Waals surface area contributed by atoms with Crippen LogP contribution >= 0.6 is 0 Å². The highest BCUT2D eigenvalue weighted by Gasteiger charge is 2.24. The number of nitrogens with one attached hydrogen (secondary N) is 2. The Labute approximate surface area is 111 Å². The average molecular weight is 279 g/mol. The normalized spacial score (nSPS) is 16.4. The number of hydrogen-bond donors (Lipinski definition) is 3. The SMILES string of the molecule is O=C(O)Nc1nc2ccc(S(=O)CC3CC3)cc2[nH]1. The zero-order valence-corrected chi connectivity index (χ0v) is 10.9. The molecule has 1 fully saturated rings. The Hall–Kier alpha value is -1.89. The van der Waals surface area contributed by atoms with E-state index < -0.39 is 16.9 Å². The van der Waals surface area contributed by atoms with Gasteiger partial charge < -0.3 is 10.1 Å². The molecule has 0 bridgehead atoms. The third-order valence-electron chi connectivity index (χ3n) is 3.03. The lowest BCUT2D eigenvalue weighted by molar-refractivity contribution is 0.209. The molecule has 0 spiro atoms. The molecule has 3 N–H and O–H groups in total. The van der Waals surface area contributed by atoms with Crippen molar-refractivity contribution >= 4 is 33.9 Å². The molecule has 7 heteroatoms. The first-order valence-electron chi connectivity index (χ1n) is 6.00. The molecule has 19 heavy (non-hydrogen) atoms. The van der Waals surface area contributed by atoms with Crippen LogP contribution in [-0.4, -0.2) is 31.1 Å². The number of fused-ring (bicyclic) bond motifs is 1. The standard InChI is InChI=1S/C12H13N3O3S/c16-12(17)15-11-13-9-4-3-8(5-10(9)14-11)19(18)6-7-1-2-7/h3-5,7H,1-2,6H2,(H,16,17)(H2,13,14,15). The number of amides is 1. The number of benzene rings is 1. The van der Waals surface area contributed by atoms with Crippen LogP contribution in [0, 0.1) is 5.92 Å². The van der Waals surface area contributed by atoms with E-state index in [0.717, 1.165) is 4.90 Å². The molecule has 0 saturated heterocycles. The Morgan fingerprint density at radius 3 is 3.00 bits per heavy atom. The summed E-state index contributed by atoms with van der Waals surface area (Å²) in [7, 11) is -0.993. The summed E-state index contributed by atoms with van der Waals surface area (Å²) in [6, 6.07) is 5.30. The Bertz CT molecular complexity index is 663. The van der Waals surface area contributed by atoms with Gasteiger partial charge >= 0.3 is 6.09 Å². The second-order valence-corrected chi connectivity index (χ2v) is 6.15. The van der Waals surface area contributed by atoms with Crippen molar-refractivity contribution in [2.45, 2.75) is 17.7 Å². The van der Waals surface area contributed by atoms with E-state index in [1.165, 1.54) is 12.8 Å².